The number of benzene rings is 1. The molecule has 1 aromatic carbocycles. The summed E-state index contributed by atoms with van der Waals surface area (Å²) < 4.78 is 5.15. The van der Waals surface area contributed by atoms with Crippen LogP contribution in [0.4, 0.5) is 5.69 Å². The van der Waals surface area contributed by atoms with Gasteiger partial charge in [0.1, 0.15) is 0 Å². The summed E-state index contributed by atoms with van der Waals surface area (Å²) in [5.74, 6) is 0. The first kappa shape index (κ1) is 12.4. The minimum atomic E-state index is 0.808. The van der Waals surface area contributed by atoms with Crippen LogP contribution in [0.2, 0.25) is 0 Å². The van der Waals surface area contributed by atoms with Crippen molar-refractivity contribution >= 4 is 5.69 Å². The van der Waals surface area contributed by atoms with Crippen LogP contribution in [-0.4, -0.2) is 44.3 Å². The molecule has 0 aromatic heterocycles. The van der Waals surface area contributed by atoms with Crippen LogP contribution >= 0.6 is 0 Å². The third-order valence-corrected chi connectivity index (χ3v) is 3.15. The molecule has 1 aliphatic rings. The van der Waals surface area contributed by atoms with E-state index >= 15 is 0 Å². The van der Waals surface area contributed by atoms with Crippen molar-refractivity contribution in [2.24, 2.45) is 0 Å². The van der Waals surface area contributed by atoms with Crippen LogP contribution in [-0.2, 0) is 4.74 Å². The van der Waals surface area contributed by atoms with Crippen molar-refractivity contribution in [1.82, 2.24) is 4.90 Å². The van der Waals surface area contributed by atoms with Gasteiger partial charge in [-0.15, -0.1) is 0 Å². The van der Waals surface area contributed by atoms with Gasteiger partial charge in [-0.25, -0.2) is 0 Å². The van der Waals surface area contributed by atoms with E-state index in [-0.39, 0.29) is 0 Å². The van der Waals surface area contributed by atoms with Crippen molar-refractivity contribution in [3.63, 3.8) is 0 Å². The fraction of sp³-hybridized carbons (Fsp3) is 0.571. The lowest BCUT2D eigenvalue weighted by atomic mass is 10.3. The Balaban J connectivity index is 1.68. The Bertz CT molecular complexity index is 311. The smallest absolute Gasteiger partial charge is 0.0589 e. The quantitative estimate of drug-likeness (QED) is 0.746. The lowest BCUT2D eigenvalue weighted by Gasteiger charge is -2.21. The maximum absolute atomic E-state index is 5.15. The summed E-state index contributed by atoms with van der Waals surface area (Å²) in [7, 11) is 1.77. The maximum Gasteiger partial charge on any atom is 0.0589 e. The topological polar surface area (TPSA) is 24.5 Å². The van der Waals surface area contributed by atoms with Crippen LogP contribution in [0.3, 0.4) is 0 Å². The summed E-state index contributed by atoms with van der Waals surface area (Å²) in [5.41, 5.74) is 1.20. The summed E-state index contributed by atoms with van der Waals surface area (Å²) in [6.45, 7) is 3.99. The summed E-state index contributed by atoms with van der Waals surface area (Å²) in [6, 6.07) is 11.2. The molecule has 0 radical (unpaired) electrons. The minimum absolute atomic E-state index is 0.808. The summed E-state index contributed by atoms with van der Waals surface area (Å²) in [4.78, 5) is 2.53. The molecule has 0 spiro atoms. The van der Waals surface area contributed by atoms with E-state index in [0.717, 1.165) is 32.3 Å². The molecule has 1 aliphatic carbocycles. The molecule has 0 atom stereocenters. The van der Waals surface area contributed by atoms with Crippen molar-refractivity contribution in [3.05, 3.63) is 30.3 Å². The maximum atomic E-state index is 5.15. The standard InChI is InChI=1S/C14H22N2O/c1-17-12-11-16(14-7-8-14)10-9-15-13-5-3-2-4-6-13/h2-6,14-15H,7-12H2,1H3. The third kappa shape index (κ3) is 4.36. The van der Waals surface area contributed by atoms with Crippen molar-refractivity contribution in [1.29, 1.82) is 0 Å². The number of ether oxygens (including phenoxy) is 1. The first-order chi connectivity index (χ1) is 8.40. The highest BCUT2D eigenvalue weighted by Gasteiger charge is 2.27. The molecule has 0 amide bonds. The van der Waals surface area contributed by atoms with E-state index in [0.29, 0.717) is 0 Å². The fourth-order valence-corrected chi connectivity index (χ4v) is 2.03. The largest absolute Gasteiger partial charge is 0.384 e. The van der Waals surface area contributed by atoms with Gasteiger partial charge >= 0.3 is 0 Å². The Morgan fingerprint density at radius 1 is 1.24 bits per heavy atom. The van der Waals surface area contributed by atoms with Crippen LogP contribution in [0.25, 0.3) is 0 Å². The Morgan fingerprint density at radius 2 is 2.00 bits per heavy atom. The Hall–Kier alpha value is -1.06. The van der Waals surface area contributed by atoms with E-state index in [9.17, 15) is 0 Å². The van der Waals surface area contributed by atoms with Gasteiger partial charge in [-0.05, 0) is 25.0 Å². The number of para-hydroxylation sites is 1. The Morgan fingerprint density at radius 3 is 2.65 bits per heavy atom. The monoisotopic (exact) mass is 234 g/mol. The summed E-state index contributed by atoms with van der Waals surface area (Å²) in [5, 5.41) is 3.45. The lowest BCUT2D eigenvalue weighted by molar-refractivity contribution is 0.146. The highest BCUT2D eigenvalue weighted by molar-refractivity contribution is 5.42. The molecule has 1 saturated carbocycles. The van der Waals surface area contributed by atoms with Crippen LogP contribution in [0, 0.1) is 0 Å². The van der Waals surface area contributed by atoms with E-state index in [1.165, 1.54) is 18.5 Å². The molecule has 0 unspecified atom stereocenters. The second kappa shape index (κ2) is 6.62. The van der Waals surface area contributed by atoms with Crippen LogP contribution in [0.5, 0.6) is 0 Å². The molecule has 3 heteroatoms. The number of hydrogen-bond acceptors (Lipinski definition) is 3. The van der Waals surface area contributed by atoms with Gasteiger partial charge in [0, 0.05) is 38.5 Å². The van der Waals surface area contributed by atoms with Gasteiger partial charge in [0.15, 0.2) is 0 Å². The molecule has 0 heterocycles. The van der Waals surface area contributed by atoms with E-state index in [1.54, 1.807) is 7.11 Å². The number of anilines is 1. The third-order valence-electron chi connectivity index (χ3n) is 3.15. The van der Waals surface area contributed by atoms with E-state index in [4.69, 9.17) is 4.74 Å². The first-order valence-electron chi connectivity index (χ1n) is 6.42. The molecule has 0 bridgehead atoms. The minimum Gasteiger partial charge on any atom is -0.384 e. The number of nitrogens with one attached hydrogen (secondary N) is 1. The molecule has 0 saturated heterocycles. The van der Waals surface area contributed by atoms with Gasteiger partial charge in [0.05, 0.1) is 6.61 Å². The van der Waals surface area contributed by atoms with Crippen LogP contribution < -0.4 is 5.32 Å². The zero-order chi connectivity index (χ0) is 11.9. The number of hydrogen-bond donors (Lipinski definition) is 1. The number of methoxy groups -OCH3 is 1. The highest BCUT2D eigenvalue weighted by Crippen LogP contribution is 2.26. The predicted molar refractivity (Wildman–Crippen MR) is 71.4 cm³/mol. The normalized spacial score (nSPS) is 15.2. The average molecular weight is 234 g/mol. The second-order valence-corrected chi connectivity index (χ2v) is 4.55. The van der Waals surface area contributed by atoms with Gasteiger partial charge in [-0.2, -0.15) is 0 Å². The molecule has 1 fully saturated rings. The van der Waals surface area contributed by atoms with Crippen molar-refractivity contribution in [2.45, 2.75) is 18.9 Å². The van der Waals surface area contributed by atoms with Gasteiger partial charge < -0.3 is 10.1 Å². The van der Waals surface area contributed by atoms with E-state index in [1.807, 2.05) is 6.07 Å². The zero-order valence-electron chi connectivity index (χ0n) is 10.6. The van der Waals surface area contributed by atoms with Gasteiger partial charge in [0.2, 0.25) is 0 Å². The summed E-state index contributed by atoms with van der Waals surface area (Å²) in [6.07, 6.45) is 2.71. The molecule has 3 nitrogen and oxygen atoms in total. The molecule has 0 aliphatic heterocycles. The zero-order valence-corrected chi connectivity index (χ0v) is 10.6. The molecular formula is C14H22N2O. The average Bonchev–Trinajstić information content (AvgIpc) is 3.19. The molecule has 1 aromatic rings. The Labute approximate surface area is 104 Å². The number of rotatable bonds is 8. The number of nitrogens with zero attached hydrogens (tertiary/aromatic N) is 1. The lowest BCUT2D eigenvalue weighted by Crippen LogP contribution is -2.33. The molecular weight excluding hydrogens is 212 g/mol. The van der Waals surface area contributed by atoms with Crippen LogP contribution in [0.1, 0.15) is 12.8 Å². The molecule has 94 valence electrons. The molecule has 1 N–H and O–H groups in total. The van der Waals surface area contributed by atoms with E-state index in [2.05, 4.69) is 34.5 Å². The van der Waals surface area contributed by atoms with Gasteiger partial charge in [-0.3, -0.25) is 4.90 Å². The summed E-state index contributed by atoms with van der Waals surface area (Å²) >= 11 is 0. The second-order valence-electron chi connectivity index (χ2n) is 4.55. The highest BCUT2D eigenvalue weighted by atomic mass is 16.5. The fourth-order valence-electron chi connectivity index (χ4n) is 2.03. The Kier molecular flexibility index (Phi) is 4.83. The molecule has 17 heavy (non-hydrogen) atoms. The van der Waals surface area contributed by atoms with Crippen molar-refractivity contribution in [3.8, 4) is 0 Å². The van der Waals surface area contributed by atoms with Crippen LogP contribution in [0.15, 0.2) is 30.3 Å². The molecule has 2 rings (SSSR count). The SMILES string of the molecule is COCCN(CCNc1ccccc1)C1CC1. The van der Waals surface area contributed by atoms with Gasteiger partial charge in [0.25, 0.3) is 0 Å². The first-order valence-corrected chi connectivity index (χ1v) is 6.42. The van der Waals surface area contributed by atoms with Crippen molar-refractivity contribution in [2.75, 3.05) is 38.7 Å². The predicted octanol–water partition coefficient (Wildman–Crippen LogP) is 2.21. The van der Waals surface area contributed by atoms with Crippen molar-refractivity contribution < 1.29 is 4.74 Å². The van der Waals surface area contributed by atoms with E-state index < -0.39 is 0 Å². The van der Waals surface area contributed by atoms with Gasteiger partial charge in [-0.1, -0.05) is 18.2 Å².